The third-order valence-corrected chi connectivity index (χ3v) is 3.15. The number of nitrogen functional groups attached to an aromatic ring is 1. The third-order valence-electron chi connectivity index (χ3n) is 2.56. The van der Waals surface area contributed by atoms with Crippen molar-refractivity contribution in [3.63, 3.8) is 0 Å². The molecule has 0 unspecified atom stereocenters. The van der Waals surface area contributed by atoms with E-state index in [-0.39, 0.29) is 5.56 Å². The number of benzene rings is 1. The maximum atomic E-state index is 10.8. The Bertz CT molecular complexity index is 396. The van der Waals surface area contributed by atoms with E-state index in [1.807, 2.05) is 0 Å². The van der Waals surface area contributed by atoms with Crippen molar-refractivity contribution in [2.24, 2.45) is 0 Å². The topological polar surface area (TPSA) is 66.6 Å². The van der Waals surface area contributed by atoms with Crippen molar-refractivity contribution in [2.45, 2.75) is 6.92 Å². The summed E-state index contributed by atoms with van der Waals surface area (Å²) in [5.74, 6) is 0.0731. The Morgan fingerprint density at radius 3 is 2.71 bits per heavy atom. The van der Waals surface area contributed by atoms with E-state index in [0.29, 0.717) is 5.69 Å². The van der Waals surface area contributed by atoms with Gasteiger partial charge >= 0.3 is 5.97 Å². The van der Waals surface area contributed by atoms with Gasteiger partial charge in [-0.3, -0.25) is 0 Å². The number of hydrogen-bond donors (Lipinski definition) is 2. The van der Waals surface area contributed by atoms with E-state index >= 15 is 0 Å². The lowest BCUT2D eigenvalue weighted by atomic mass is 10.1. The predicted molar refractivity (Wildman–Crippen MR) is 74.1 cm³/mol. The Hall–Kier alpha value is -1.36. The van der Waals surface area contributed by atoms with Crippen LogP contribution in [-0.2, 0) is 0 Å². The van der Waals surface area contributed by atoms with E-state index in [1.165, 1.54) is 6.07 Å². The van der Waals surface area contributed by atoms with Gasteiger partial charge in [0, 0.05) is 18.8 Å². The molecule has 1 aromatic carbocycles. The monoisotopic (exact) mass is 254 g/mol. The van der Waals surface area contributed by atoms with Gasteiger partial charge in [0.15, 0.2) is 0 Å². The molecule has 0 spiro atoms. The summed E-state index contributed by atoms with van der Waals surface area (Å²) in [4.78, 5) is 13.0. The van der Waals surface area contributed by atoms with Gasteiger partial charge in [-0.05, 0) is 31.4 Å². The number of rotatable bonds is 6. The van der Waals surface area contributed by atoms with E-state index in [1.54, 1.807) is 23.9 Å². The molecule has 94 valence electrons. The molecule has 0 atom stereocenters. The molecule has 0 amide bonds. The van der Waals surface area contributed by atoms with Crippen LogP contribution in [0.15, 0.2) is 18.2 Å². The number of thioether (sulfide) groups is 1. The molecule has 0 saturated heterocycles. The largest absolute Gasteiger partial charge is 0.478 e. The second kappa shape index (κ2) is 6.39. The minimum Gasteiger partial charge on any atom is -0.478 e. The highest BCUT2D eigenvalue weighted by molar-refractivity contribution is 7.98. The molecule has 3 N–H and O–H groups in total. The van der Waals surface area contributed by atoms with Crippen molar-refractivity contribution in [3.05, 3.63) is 23.8 Å². The van der Waals surface area contributed by atoms with Crippen LogP contribution in [0.25, 0.3) is 0 Å². The Morgan fingerprint density at radius 2 is 2.24 bits per heavy atom. The highest BCUT2D eigenvalue weighted by Gasteiger charge is 2.10. The summed E-state index contributed by atoms with van der Waals surface area (Å²) in [6, 6.07) is 4.89. The predicted octanol–water partition coefficient (Wildman–Crippen LogP) is 2.16. The van der Waals surface area contributed by atoms with Crippen molar-refractivity contribution >= 4 is 29.1 Å². The summed E-state index contributed by atoms with van der Waals surface area (Å²) in [5, 5.41) is 8.86. The fourth-order valence-corrected chi connectivity index (χ4v) is 2.03. The van der Waals surface area contributed by atoms with Crippen molar-refractivity contribution in [1.82, 2.24) is 0 Å². The summed E-state index contributed by atoms with van der Waals surface area (Å²) in [7, 11) is 0. The average Bonchev–Trinajstić information content (AvgIpc) is 2.31. The normalized spacial score (nSPS) is 10.2. The molecule has 0 fully saturated rings. The van der Waals surface area contributed by atoms with E-state index < -0.39 is 5.97 Å². The summed E-state index contributed by atoms with van der Waals surface area (Å²) in [5.41, 5.74) is 7.55. The molecule has 5 heteroatoms. The van der Waals surface area contributed by atoms with Crippen LogP contribution in [0.3, 0.4) is 0 Å². The Kier molecular flexibility index (Phi) is 5.15. The van der Waals surface area contributed by atoms with Crippen LogP contribution in [0.2, 0.25) is 0 Å². The molecule has 17 heavy (non-hydrogen) atoms. The Labute approximate surface area is 106 Å². The zero-order chi connectivity index (χ0) is 12.8. The van der Waals surface area contributed by atoms with Gasteiger partial charge in [0.2, 0.25) is 0 Å². The molecular formula is C12H18N2O2S. The van der Waals surface area contributed by atoms with Gasteiger partial charge in [0.05, 0.1) is 16.9 Å². The molecule has 0 aliphatic rings. The lowest BCUT2D eigenvalue weighted by Gasteiger charge is -2.24. The lowest BCUT2D eigenvalue weighted by molar-refractivity contribution is 0.0697. The van der Waals surface area contributed by atoms with Crippen LogP contribution in [0.5, 0.6) is 0 Å². The van der Waals surface area contributed by atoms with Crippen molar-refractivity contribution < 1.29 is 9.90 Å². The first-order chi connectivity index (χ1) is 8.10. The molecule has 0 heterocycles. The molecular weight excluding hydrogens is 236 g/mol. The Balaban J connectivity index is 2.92. The second-order valence-corrected chi connectivity index (χ2v) is 4.64. The highest BCUT2D eigenvalue weighted by atomic mass is 32.2. The fraction of sp³-hybridized carbons (Fsp3) is 0.417. The SMILES string of the molecule is CCN(CCSC)c1ccc(C(=O)O)cc1N. The number of hydrogen-bond acceptors (Lipinski definition) is 4. The standard InChI is InChI=1S/C12H18N2O2S/c1-3-14(6-7-17-2)11-5-4-9(12(15)16)8-10(11)13/h4-5,8H,3,6-7,13H2,1-2H3,(H,15,16). The molecule has 0 radical (unpaired) electrons. The van der Waals surface area contributed by atoms with Gasteiger partial charge < -0.3 is 15.7 Å². The number of carboxylic acid groups (broad SMARTS) is 1. The summed E-state index contributed by atoms with van der Waals surface area (Å²) in [6.45, 7) is 3.83. The maximum absolute atomic E-state index is 10.8. The average molecular weight is 254 g/mol. The molecule has 4 nitrogen and oxygen atoms in total. The molecule has 0 aromatic heterocycles. The number of carboxylic acids is 1. The molecule has 1 rings (SSSR count). The third kappa shape index (κ3) is 3.56. The van der Waals surface area contributed by atoms with Crippen LogP contribution in [-0.4, -0.2) is 36.2 Å². The number of nitrogens with two attached hydrogens (primary N) is 1. The first-order valence-corrected chi connectivity index (χ1v) is 6.86. The first kappa shape index (κ1) is 13.7. The van der Waals surface area contributed by atoms with Gasteiger partial charge in [0.1, 0.15) is 0 Å². The van der Waals surface area contributed by atoms with Gasteiger partial charge in [-0.2, -0.15) is 11.8 Å². The highest BCUT2D eigenvalue weighted by Crippen LogP contribution is 2.24. The number of anilines is 2. The number of aromatic carboxylic acids is 1. The van der Waals surface area contributed by atoms with Crippen LogP contribution >= 0.6 is 11.8 Å². The van der Waals surface area contributed by atoms with Gasteiger partial charge in [-0.25, -0.2) is 4.79 Å². The number of nitrogens with zero attached hydrogens (tertiary/aromatic N) is 1. The number of carbonyl (C=O) groups is 1. The smallest absolute Gasteiger partial charge is 0.335 e. The van der Waals surface area contributed by atoms with Gasteiger partial charge in [0.25, 0.3) is 0 Å². The Morgan fingerprint density at radius 1 is 1.53 bits per heavy atom. The molecule has 0 aliphatic carbocycles. The van der Waals surface area contributed by atoms with E-state index in [9.17, 15) is 4.79 Å². The summed E-state index contributed by atoms with van der Waals surface area (Å²) in [6.07, 6.45) is 2.06. The van der Waals surface area contributed by atoms with Crippen LogP contribution in [0.4, 0.5) is 11.4 Å². The summed E-state index contributed by atoms with van der Waals surface area (Å²) < 4.78 is 0. The summed E-state index contributed by atoms with van der Waals surface area (Å²) >= 11 is 1.78. The minimum absolute atomic E-state index is 0.229. The molecule has 0 bridgehead atoms. The fourth-order valence-electron chi connectivity index (χ4n) is 1.63. The van der Waals surface area contributed by atoms with E-state index in [2.05, 4.69) is 18.1 Å². The van der Waals surface area contributed by atoms with Crippen LogP contribution < -0.4 is 10.6 Å². The van der Waals surface area contributed by atoms with Crippen molar-refractivity contribution in [3.8, 4) is 0 Å². The lowest BCUT2D eigenvalue weighted by Crippen LogP contribution is -2.26. The van der Waals surface area contributed by atoms with E-state index in [4.69, 9.17) is 10.8 Å². The molecule has 0 saturated carbocycles. The quantitative estimate of drug-likeness (QED) is 0.761. The molecule has 0 aliphatic heterocycles. The van der Waals surface area contributed by atoms with E-state index in [0.717, 1.165) is 24.5 Å². The van der Waals surface area contributed by atoms with Crippen molar-refractivity contribution in [1.29, 1.82) is 0 Å². The maximum Gasteiger partial charge on any atom is 0.335 e. The molecule has 1 aromatic rings. The van der Waals surface area contributed by atoms with Crippen molar-refractivity contribution in [2.75, 3.05) is 35.7 Å². The van der Waals surface area contributed by atoms with Gasteiger partial charge in [-0.1, -0.05) is 0 Å². The zero-order valence-electron chi connectivity index (χ0n) is 10.1. The zero-order valence-corrected chi connectivity index (χ0v) is 11.0. The van der Waals surface area contributed by atoms with Crippen LogP contribution in [0.1, 0.15) is 17.3 Å². The second-order valence-electron chi connectivity index (χ2n) is 3.65. The van der Waals surface area contributed by atoms with Crippen LogP contribution in [0, 0.1) is 0 Å². The first-order valence-electron chi connectivity index (χ1n) is 5.46. The minimum atomic E-state index is -0.949. The van der Waals surface area contributed by atoms with Gasteiger partial charge in [-0.15, -0.1) is 0 Å².